The van der Waals surface area contributed by atoms with Crippen LogP contribution >= 0.6 is 0 Å². The third kappa shape index (κ3) is 5.26. The first-order chi connectivity index (χ1) is 15.4. The van der Waals surface area contributed by atoms with Gasteiger partial charge in [-0.05, 0) is 80.5 Å². The van der Waals surface area contributed by atoms with Gasteiger partial charge >= 0.3 is 0 Å². The second-order valence-corrected chi connectivity index (χ2v) is 12.5. The Labute approximate surface area is 202 Å². The fourth-order valence-corrected chi connectivity index (χ4v) is 8.00. The number of aromatic nitrogens is 2. The zero-order valence-electron chi connectivity index (χ0n) is 22.6. The van der Waals surface area contributed by atoms with Crippen LogP contribution in [0.5, 0.6) is 0 Å². The van der Waals surface area contributed by atoms with E-state index in [1.54, 1.807) is 24.7 Å². The van der Waals surface area contributed by atoms with E-state index in [-0.39, 0.29) is 11.3 Å². The van der Waals surface area contributed by atoms with Gasteiger partial charge in [0.15, 0.2) is 5.78 Å². The van der Waals surface area contributed by atoms with Crippen LogP contribution in [0, 0.1) is 46.8 Å². The molecule has 1 aromatic rings. The highest BCUT2D eigenvalue weighted by atomic mass is 16.3. The SMILES string of the molecule is CCCC1C(CC)CCC2C1CCC(C)(C(C(=O)Cn1cc(C(C)(C)O)cn1)C(C)C)[C@H]2C. The quantitative estimate of drug-likeness (QED) is 0.440. The molecule has 4 heteroatoms. The van der Waals surface area contributed by atoms with Crippen LogP contribution in [-0.2, 0) is 16.9 Å². The highest BCUT2D eigenvalue weighted by molar-refractivity contribution is 5.82. The maximum Gasteiger partial charge on any atom is 0.158 e. The number of nitrogens with zero attached hydrogens (tertiary/aromatic N) is 2. The highest BCUT2D eigenvalue weighted by Gasteiger charge is 2.53. The molecule has 1 heterocycles. The summed E-state index contributed by atoms with van der Waals surface area (Å²) in [5.74, 6) is 4.59. The molecule has 0 radical (unpaired) electrons. The average Bonchev–Trinajstić information content (AvgIpc) is 3.20. The van der Waals surface area contributed by atoms with E-state index in [2.05, 4.69) is 46.6 Å². The van der Waals surface area contributed by atoms with Crippen LogP contribution in [0.1, 0.15) is 106 Å². The molecule has 33 heavy (non-hydrogen) atoms. The number of fused-ring (bicyclic) bond motifs is 1. The largest absolute Gasteiger partial charge is 0.386 e. The van der Waals surface area contributed by atoms with Crippen LogP contribution in [0.3, 0.4) is 0 Å². The average molecular weight is 459 g/mol. The van der Waals surface area contributed by atoms with Gasteiger partial charge in [0.05, 0.1) is 18.3 Å². The maximum absolute atomic E-state index is 13.8. The molecule has 188 valence electrons. The van der Waals surface area contributed by atoms with E-state index in [9.17, 15) is 9.90 Å². The molecular formula is C29H50N2O2. The molecule has 2 aliphatic rings. The van der Waals surface area contributed by atoms with Crippen LogP contribution in [0.4, 0.5) is 0 Å². The molecule has 3 rings (SSSR count). The predicted molar refractivity (Wildman–Crippen MR) is 136 cm³/mol. The number of carbonyl (C=O) groups is 1. The van der Waals surface area contributed by atoms with E-state index in [1.807, 2.05) is 6.20 Å². The second-order valence-electron chi connectivity index (χ2n) is 12.5. The van der Waals surface area contributed by atoms with Gasteiger partial charge < -0.3 is 5.11 Å². The fourth-order valence-electron chi connectivity index (χ4n) is 8.00. The van der Waals surface area contributed by atoms with Crippen molar-refractivity contribution in [3.8, 4) is 0 Å². The normalized spacial score (nSPS) is 33.7. The molecule has 0 amide bonds. The predicted octanol–water partition coefficient (Wildman–Crippen LogP) is 6.86. The Morgan fingerprint density at radius 2 is 1.94 bits per heavy atom. The lowest BCUT2D eigenvalue weighted by molar-refractivity contribution is -0.139. The van der Waals surface area contributed by atoms with E-state index >= 15 is 0 Å². The first-order valence-electron chi connectivity index (χ1n) is 13.7. The van der Waals surface area contributed by atoms with Crippen molar-refractivity contribution in [2.45, 2.75) is 112 Å². The minimum atomic E-state index is -0.940. The second kappa shape index (κ2) is 10.2. The molecule has 2 aliphatic carbocycles. The van der Waals surface area contributed by atoms with E-state index in [0.717, 1.165) is 35.7 Å². The number of carbonyl (C=O) groups excluding carboxylic acids is 1. The summed E-state index contributed by atoms with van der Waals surface area (Å²) in [7, 11) is 0. The van der Waals surface area contributed by atoms with Crippen molar-refractivity contribution in [2.75, 3.05) is 0 Å². The van der Waals surface area contributed by atoms with Gasteiger partial charge in [0.2, 0.25) is 0 Å². The fraction of sp³-hybridized carbons (Fsp3) is 0.862. The number of hydrogen-bond acceptors (Lipinski definition) is 3. The van der Waals surface area contributed by atoms with Crippen LogP contribution in [0.25, 0.3) is 0 Å². The van der Waals surface area contributed by atoms with Crippen LogP contribution in [-0.4, -0.2) is 20.7 Å². The smallest absolute Gasteiger partial charge is 0.158 e. The van der Waals surface area contributed by atoms with Crippen molar-refractivity contribution >= 4 is 5.78 Å². The summed E-state index contributed by atoms with van der Waals surface area (Å²) in [6, 6.07) is 0. The van der Waals surface area contributed by atoms with E-state index in [0.29, 0.717) is 24.2 Å². The molecule has 0 aliphatic heterocycles. The summed E-state index contributed by atoms with van der Waals surface area (Å²) in [4.78, 5) is 13.8. The van der Waals surface area contributed by atoms with E-state index in [1.165, 1.54) is 38.5 Å². The van der Waals surface area contributed by atoms with Crippen LogP contribution in [0.2, 0.25) is 0 Å². The number of ketones is 1. The summed E-state index contributed by atoms with van der Waals surface area (Å²) in [5.41, 5.74) is -0.149. The van der Waals surface area contributed by atoms with Crippen molar-refractivity contribution in [1.82, 2.24) is 9.78 Å². The molecule has 0 bridgehead atoms. The van der Waals surface area contributed by atoms with Gasteiger partial charge in [0, 0.05) is 17.7 Å². The molecular weight excluding hydrogens is 408 g/mol. The van der Waals surface area contributed by atoms with Crippen molar-refractivity contribution in [3.05, 3.63) is 18.0 Å². The molecule has 0 saturated heterocycles. The van der Waals surface area contributed by atoms with Crippen molar-refractivity contribution in [1.29, 1.82) is 0 Å². The summed E-state index contributed by atoms with van der Waals surface area (Å²) in [6.45, 7) is 17.9. The molecule has 6 unspecified atom stereocenters. The Morgan fingerprint density at radius 1 is 1.24 bits per heavy atom. The van der Waals surface area contributed by atoms with E-state index < -0.39 is 5.60 Å². The third-order valence-corrected chi connectivity index (χ3v) is 9.80. The summed E-state index contributed by atoms with van der Waals surface area (Å²) in [6.07, 6.45) is 12.7. The van der Waals surface area contributed by atoms with Crippen LogP contribution in [0.15, 0.2) is 12.4 Å². The number of aliphatic hydroxyl groups is 1. The van der Waals surface area contributed by atoms with Gasteiger partial charge in [-0.2, -0.15) is 5.10 Å². The minimum Gasteiger partial charge on any atom is -0.386 e. The highest BCUT2D eigenvalue weighted by Crippen LogP contribution is 2.59. The lowest BCUT2D eigenvalue weighted by atomic mass is 9.47. The van der Waals surface area contributed by atoms with Gasteiger partial charge in [-0.1, -0.05) is 60.8 Å². The molecule has 4 nitrogen and oxygen atoms in total. The zero-order valence-corrected chi connectivity index (χ0v) is 22.6. The standard InChI is InChI=1S/C29H50N2O2/c1-9-11-24-21(10-2)12-13-23-20(5)29(8,15-14-25(23)24)27(19(3)4)26(32)18-31-17-22(16-30-31)28(6,7)33/h16-17,19-21,23-25,27,33H,9-15,18H2,1-8H3/t20-,21?,23?,24?,25?,27?,29?/m0/s1. The molecule has 0 aromatic carbocycles. The van der Waals surface area contributed by atoms with Crippen molar-refractivity contribution < 1.29 is 9.90 Å². The van der Waals surface area contributed by atoms with Crippen LogP contribution < -0.4 is 0 Å². The maximum atomic E-state index is 13.8. The summed E-state index contributed by atoms with van der Waals surface area (Å²) >= 11 is 0. The molecule has 1 N–H and O–H groups in total. The van der Waals surface area contributed by atoms with Crippen molar-refractivity contribution in [3.63, 3.8) is 0 Å². The zero-order chi connectivity index (χ0) is 24.6. The number of hydrogen-bond donors (Lipinski definition) is 1. The third-order valence-electron chi connectivity index (χ3n) is 9.80. The van der Waals surface area contributed by atoms with Gasteiger partial charge in [-0.25, -0.2) is 0 Å². The number of Topliss-reactive ketones (excluding diaryl/α,β-unsaturated/α-hetero) is 1. The molecule has 7 atom stereocenters. The van der Waals surface area contributed by atoms with E-state index in [4.69, 9.17) is 0 Å². The molecule has 2 saturated carbocycles. The molecule has 2 fully saturated rings. The van der Waals surface area contributed by atoms with Gasteiger partial charge in [0.25, 0.3) is 0 Å². The topological polar surface area (TPSA) is 55.1 Å². The Kier molecular flexibility index (Phi) is 8.19. The lowest BCUT2D eigenvalue weighted by Crippen LogP contribution is -2.52. The summed E-state index contributed by atoms with van der Waals surface area (Å²) < 4.78 is 1.73. The Bertz CT molecular complexity index is 792. The minimum absolute atomic E-state index is 0.0362. The summed E-state index contributed by atoms with van der Waals surface area (Å²) in [5, 5.41) is 14.7. The van der Waals surface area contributed by atoms with Crippen molar-refractivity contribution in [2.24, 2.45) is 46.8 Å². The van der Waals surface area contributed by atoms with Gasteiger partial charge in [0.1, 0.15) is 0 Å². The number of rotatable bonds is 9. The van der Waals surface area contributed by atoms with Gasteiger partial charge in [-0.15, -0.1) is 0 Å². The monoisotopic (exact) mass is 458 g/mol. The Hall–Kier alpha value is -1.16. The Balaban J connectivity index is 1.81. The first kappa shape index (κ1) is 26.4. The molecule has 1 aromatic heterocycles. The molecule has 0 spiro atoms. The first-order valence-corrected chi connectivity index (χ1v) is 13.7. The Morgan fingerprint density at radius 3 is 2.48 bits per heavy atom. The lowest BCUT2D eigenvalue weighted by Gasteiger charge is -2.57. The van der Waals surface area contributed by atoms with Gasteiger partial charge in [-0.3, -0.25) is 9.48 Å².